The topological polar surface area (TPSA) is 81.4 Å². The summed E-state index contributed by atoms with van der Waals surface area (Å²) in [6, 6.07) is 13.7. The third-order valence-electron chi connectivity index (χ3n) is 2.79. The zero-order chi connectivity index (χ0) is 14.6. The standard InChI is InChI=1S/C14H16N2O3S/c1-19-13-9-12(15)7-8-14(13)20(17,18)16-10-11-5-3-2-4-6-11/h2-9,16H,10,15H2,1H3. The molecular weight excluding hydrogens is 276 g/mol. The van der Waals surface area contributed by atoms with Crippen molar-refractivity contribution in [2.45, 2.75) is 11.4 Å². The van der Waals surface area contributed by atoms with Gasteiger partial charge in [0.1, 0.15) is 10.6 Å². The first-order valence-corrected chi connectivity index (χ1v) is 7.48. The second kappa shape index (κ2) is 5.94. The predicted octanol–water partition coefficient (Wildman–Crippen LogP) is 1.76. The van der Waals surface area contributed by atoms with E-state index < -0.39 is 10.0 Å². The van der Waals surface area contributed by atoms with E-state index in [4.69, 9.17) is 10.5 Å². The summed E-state index contributed by atoms with van der Waals surface area (Å²) in [4.78, 5) is 0.0742. The Hall–Kier alpha value is -2.05. The highest BCUT2D eigenvalue weighted by Crippen LogP contribution is 2.25. The van der Waals surface area contributed by atoms with Crippen molar-refractivity contribution in [3.63, 3.8) is 0 Å². The molecule has 0 atom stereocenters. The highest BCUT2D eigenvalue weighted by atomic mass is 32.2. The van der Waals surface area contributed by atoms with E-state index >= 15 is 0 Å². The summed E-state index contributed by atoms with van der Waals surface area (Å²) in [7, 11) is -2.24. The molecule has 5 nitrogen and oxygen atoms in total. The number of rotatable bonds is 5. The quantitative estimate of drug-likeness (QED) is 0.823. The number of sulfonamides is 1. The third-order valence-corrected chi connectivity index (χ3v) is 4.23. The van der Waals surface area contributed by atoms with E-state index in [9.17, 15) is 8.42 Å². The fraction of sp³-hybridized carbons (Fsp3) is 0.143. The van der Waals surface area contributed by atoms with Gasteiger partial charge >= 0.3 is 0 Å². The van der Waals surface area contributed by atoms with Crippen LogP contribution < -0.4 is 15.2 Å². The molecule has 20 heavy (non-hydrogen) atoms. The van der Waals surface area contributed by atoms with Crippen LogP contribution in [0.25, 0.3) is 0 Å². The molecule has 0 aliphatic carbocycles. The van der Waals surface area contributed by atoms with Crippen LogP contribution in [-0.4, -0.2) is 15.5 Å². The smallest absolute Gasteiger partial charge is 0.244 e. The molecule has 3 N–H and O–H groups in total. The Morgan fingerprint density at radius 2 is 1.85 bits per heavy atom. The SMILES string of the molecule is COc1cc(N)ccc1S(=O)(=O)NCc1ccccc1. The van der Waals surface area contributed by atoms with Crippen LogP contribution in [0.2, 0.25) is 0 Å². The minimum atomic E-state index is -3.65. The monoisotopic (exact) mass is 292 g/mol. The fourth-order valence-corrected chi connectivity index (χ4v) is 2.92. The van der Waals surface area contributed by atoms with Gasteiger partial charge in [0.25, 0.3) is 0 Å². The van der Waals surface area contributed by atoms with Gasteiger partial charge in [0.15, 0.2) is 0 Å². The molecule has 0 aliphatic heterocycles. The van der Waals surface area contributed by atoms with E-state index in [2.05, 4.69) is 4.72 Å². The van der Waals surface area contributed by atoms with Gasteiger partial charge in [-0.15, -0.1) is 0 Å². The summed E-state index contributed by atoms with van der Waals surface area (Å²) in [5.41, 5.74) is 6.94. The number of methoxy groups -OCH3 is 1. The van der Waals surface area contributed by atoms with Crippen molar-refractivity contribution < 1.29 is 13.2 Å². The molecule has 0 fully saturated rings. The second-order valence-corrected chi connectivity index (χ2v) is 5.96. The van der Waals surface area contributed by atoms with Crippen molar-refractivity contribution in [3.8, 4) is 5.75 Å². The van der Waals surface area contributed by atoms with Crippen molar-refractivity contribution in [2.24, 2.45) is 0 Å². The van der Waals surface area contributed by atoms with E-state index in [1.54, 1.807) is 0 Å². The zero-order valence-corrected chi connectivity index (χ0v) is 11.9. The van der Waals surface area contributed by atoms with Gasteiger partial charge in [0.05, 0.1) is 7.11 Å². The second-order valence-electron chi connectivity index (χ2n) is 4.22. The van der Waals surface area contributed by atoms with Crippen molar-refractivity contribution in [1.29, 1.82) is 0 Å². The highest BCUT2D eigenvalue weighted by molar-refractivity contribution is 7.89. The van der Waals surface area contributed by atoms with Crippen LogP contribution in [0.15, 0.2) is 53.4 Å². The summed E-state index contributed by atoms with van der Waals surface area (Å²) in [5.74, 6) is 0.227. The van der Waals surface area contributed by atoms with E-state index in [0.29, 0.717) is 5.69 Å². The average molecular weight is 292 g/mol. The molecule has 106 valence electrons. The number of hydrogen-bond acceptors (Lipinski definition) is 4. The third kappa shape index (κ3) is 3.28. The number of nitrogen functional groups attached to an aromatic ring is 1. The Kier molecular flexibility index (Phi) is 4.26. The van der Waals surface area contributed by atoms with Gasteiger partial charge in [-0.05, 0) is 17.7 Å². The van der Waals surface area contributed by atoms with Gasteiger partial charge in [0.2, 0.25) is 10.0 Å². The lowest BCUT2D eigenvalue weighted by molar-refractivity contribution is 0.402. The first-order chi connectivity index (χ1) is 9.53. The maximum absolute atomic E-state index is 12.3. The number of nitrogens with one attached hydrogen (secondary N) is 1. The molecule has 0 spiro atoms. The predicted molar refractivity (Wildman–Crippen MR) is 77.9 cm³/mol. The Morgan fingerprint density at radius 3 is 2.50 bits per heavy atom. The molecule has 0 radical (unpaired) electrons. The minimum absolute atomic E-state index is 0.0742. The molecule has 0 unspecified atom stereocenters. The van der Waals surface area contributed by atoms with Crippen molar-refractivity contribution >= 4 is 15.7 Å². The number of anilines is 1. The van der Waals surface area contributed by atoms with Crippen molar-refractivity contribution in [1.82, 2.24) is 4.72 Å². The Labute approximate surface area is 118 Å². The molecule has 2 rings (SSSR count). The summed E-state index contributed by atoms with van der Waals surface area (Å²) in [5, 5.41) is 0. The average Bonchev–Trinajstić information content (AvgIpc) is 2.46. The molecule has 0 bridgehead atoms. The molecule has 0 saturated carbocycles. The normalized spacial score (nSPS) is 11.2. The molecule has 0 aliphatic rings. The summed E-state index contributed by atoms with van der Waals surface area (Å²) < 4.78 is 32.1. The van der Waals surface area contributed by atoms with Gasteiger partial charge in [-0.3, -0.25) is 0 Å². The largest absolute Gasteiger partial charge is 0.495 e. The molecular formula is C14H16N2O3S. The van der Waals surface area contributed by atoms with Crippen LogP contribution in [0.4, 0.5) is 5.69 Å². The van der Waals surface area contributed by atoms with Gasteiger partial charge in [-0.25, -0.2) is 13.1 Å². The number of benzene rings is 2. The van der Waals surface area contributed by atoms with E-state index in [1.165, 1.54) is 25.3 Å². The number of ether oxygens (including phenoxy) is 1. The highest BCUT2D eigenvalue weighted by Gasteiger charge is 2.19. The van der Waals surface area contributed by atoms with Crippen molar-refractivity contribution in [3.05, 3.63) is 54.1 Å². The van der Waals surface area contributed by atoms with Gasteiger partial charge in [0, 0.05) is 18.3 Å². The molecule has 0 heterocycles. The van der Waals surface area contributed by atoms with E-state index in [0.717, 1.165) is 5.56 Å². The molecule has 2 aromatic carbocycles. The van der Waals surface area contributed by atoms with Crippen LogP contribution in [0.5, 0.6) is 5.75 Å². The van der Waals surface area contributed by atoms with Crippen LogP contribution in [0, 0.1) is 0 Å². The maximum Gasteiger partial charge on any atom is 0.244 e. The molecule has 6 heteroatoms. The van der Waals surface area contributed by atoms with Crippen LogP contribution in [-0.2, 0) is 16.6 Å². The maximum atomic E-state index is 12.3. The Balaban J connectivity index is 2.22. The Morgan fingerprint density at radius 1 is 1.15 bits per heavy atom. The molecule has 0 amide bonds. The molecule has 2 aromatic rings. The lowest BCUT2D eigenvalue weighted by Crippen LogP contribution is -2.23. The van der Waals surface area contributed by atoms with E-state index in [1.807, 2.05) is 30.3 Å². The van der Waals surface area contributed by atoms with Crippen LogP contribution in [0.1, 0.15) is 5.56 Å². The van der Waals surface area contributed by atoms with Crippen LogP contribution >= 0.6 is 0 Å². The zero-order valence-electron chi connectivity index (χ0n) is 11.0. The summed E-state index contributed by atoms with van der Waals surface area (Å²) >= 11 is 0. The van der Waals surface area contributed by atoms with Gasteiger partial charge in [-0.1, -0.05) is 30.3 Å². The van der Waals surface area contributed by atoms with Gasteiger partial charge in [-0.2, -0.15) is 0 Å². The van der Waals surface area contributed by atoms with Gasteiger partial charge < -0.3 is 10.5 Å². The fourth-order valence-electron chi connectivity index (χ4n) is 1.76. The number of hydrogen-bond donors (Lipinski definition) is 2. The summed E-state index contributed by atoms with van der Waals surface area (Å²) in [6.45, 7) is 0.219. The lowest BCUT2D eigenvalue weighted by atomic mass is 10.2. The van der Waals surface area contributed by atoms with E-state index in [-0.39, 0.29) is 17.2 Å². The Bertz CT molecular complexity index is 685. The number of nitrogens with two attached hydrogens (primary N) is 1. The van der Waals surface area contributed by atoms with Crippen molar-refractivity contribution in [2.75, 3.05) is 12.8 Å². The van der Waals surface area contributed by atoms with Crippen LogP contribution in [0.3, 0.4) is 0 Å². The minimum Gasteiger partial charge on any atom is -0.495 e. The first kappa shape index (κ1) is 14.4. The molecule has 0 aromatic heterocycles. The summed E-state index contributed by atoms with van der Waals surface area (Å²) in [6.07, 6.45) is 0. The first-order valence-electron chi connectivity index (χ1n) is 6.00. The molecule has 0 saturated heterocycles. The lowest BCUT2D eigenvalue weighted by Gasteiger charge is -2.11.